The van der Waals surface area contributed by atoms with Crippen molar-refractivity contribution in [2.45, 2.75) is 50.2 Å². The summed E-state index contributed by atoms with van der Waals surface area (Å²) in [4.78, 5) is 38.6. The van der Waals surface area contributed by atoms with Gasteiger partial charge in [-0.3, -0.25) is 14.8 Å². The molecule has 46 heavy (non-hydrogen) atoms. The molecule has 2 aromatic heterocycles. The van der Waals surface area contributed by atoms with Gasteiger partial charge < -0.3 is 24.5 Å². The molecule has 234 valence electrons. The van der Waals surface area contributed by atoms with E-state index in [0.29, 0.717) is 37.4 Å². The van der Waals surface area contributed by atoms with Crippen LogP contribution in [-0.4, -0.2) is 92.2 Å². The van der Waals surface area contributed by atoms with E-state index < -0.39 is 0 Å². The van der Waals surface area contributed by atoms with E-state index >= 15 is 0 Å². The largest absolute Gasteiger partial charge is 0.508 e. The molecule has 10 heteroatoms. The Kier molecular flexibility index (Phi) is 7.36. The molecule has 1 amide bonds. The Labute approximate surface area is 267 Å². The van der Waals surface area contributed by atoms with E-state index in [1.54, 1.807) is 24.7 Å². The van der Waals surface area contributed by atoms with Crippen molar-refractivity contribution in [1.29, 1.82) is 0 Å². The third kappa shape index (κ3) is 5.36. The number of phenolic OH excluding ortho intramolecular Hbond substituents is 1. The average molecular weight is 616 g/mol. The van der Waals surface area contributed by atoms with Gasteiger partial charge in [0.25, 0.3) is 0 Å². The van der Waals surface area contributed by atoms with Gasteiger partial charge in [0.1, 0.15) is 18.2 Å². The van der Waals surface area contributed by atoms with Gasteiger partial charge in [0, 0.05) is 55.2 Å². The molecule has 3 atom stereocenters. The van der Waals surface area contributed by atoms with E-state index in [9.17, 15) is 9.90 Å². The number of ether oxygens (including phenoxy) is 1. The molecule has 1 N–H and O–H groups in total. The van der Waals surface area contributed by atoms with E-state index in [1.807, 2.05) is 24.3 Å². The molecule has 0 aliphatic carbocycles. The van der Waals surface area contributed by atoms with Crippen molar-refractivity contribution in [3.63, 3.8) is 0 Å². The van der Waals surface area contributed by atoms with Crippen LogP contribution in [0, 0.1) is 0 Å². The van der Waals surface area contributed by atoms with Gasteiger partial charge in [0.2, 0.25) is 5.91 Å². The van der Waals surface area contributed by atoms with Gasteiger partial charge in [-0.15, -0.1) is 0 Å². The fourth-order valence-corrected chi connectivity index (χ4v) is 7.61. The lowest BCUT2D eigenvalue weighted by Crippen LogP contribution is -2.56. The fraction of sp³-hybridized carbons (Fsp3) is 0.361. The molecular formula is C36H37N7O3. The number of amides is 1. The number of carbonyl (C=O) groups excluding carboxylic acids is 1. The first-order valence-electron chi connectivity index (χ1n) is 16.2. The standard InChI is InChI=1S/C36H37N7O3/c1-41-14-4-6-28(41)22-46-36-39-33-16-24(32-18-29(44)15-23-5-2-3-7-30(23)32)8-11-31(33)35(40-36)42-20-26-9-10-27(21-42)43(26)34(45)17-25-19-37-12-13-38-25/h2-3,5,7-8,11-13,15-16,18-19,26-28,44H,4,6,9-10,14,17,20-22H2,1H3/t26?,27?,28-/m0/s1. The summed E-state index contributed by atoms with van der Waals surface area (Å²) in [6.07, 6.45) is 9.37. The van der Waals surface area contributed by atoms with Crippen LogP contribution in [0.3, 0.4) is 0 Å². The Bertz CT molecular complexity index is 1910. The lowest BCUT2D eigenvalue weighted by Gasteiger charge is -2.42. The Balaban J connectivity index is 1.14. The molecule has 3 aliphatic heterocycles. The quantitative estimate of drug-likeness (QED) is 0.275. The summed E-state index contributed by atoms with van der Waals surface area (Å²) >= 11 is 0. The second-order valence-corrected chi connectivity index (χ2v) is 12.8. The van der Waals surface area contributed by atoms with Gasteiger partial charge in [-0.05, 0) is 85.4 Å². The minimum Gasteiger partial charge on any atom is -0.508 e. The smallest absolute Gasteiger partial charge is 0.319 e. The van der Waals surface area contributed by atoms with Crippen LogP contribution >= 0.6 is 0 Å². The summed E-state index contributed by atoms with van der Waals surface area (Å²) in [5.74, 6) is 1.17. The first-order valence-corrected chi connectivity index (χ1v) is 16.2. The van der Waals surface area contributed by atoms with Gasteiger partial charge in [-0.2, -0.15) is 9.97 Å². The molecular weight excluding hydrogens is 578 g/mol. The lowest BCUT2D eigenvalue weighted by atomic mass is 9.97. The van der Waals surface area contributed by atoms with Crippen molar-refractivity contribution in [3.8, 4) is 22.9 Å². The zero-order valence-corrected chi connectivity index (χ0v) is 25.9. The molecule has 10 nitrogen and oxygen atoms in total. The van der Waals surface area contributed by atoms with E-state index in [2.05, 4.69) is 56.0 Å². The highest BCUT2D eigenvalue weighted by Gasteiger charge is 2.43. The normalized spacial score (nSPS) is 21.4. The molecule has 3 fully saturated rings. The third-order valence-corrected chi connectivity index (χ3v) is 9.91. The van der Waals surface area contributed by atoms with Crippen molar-refractivity contribution in [3.05, 3.63) is 78.9 Å². The van der Waals surface area contributed by atoms with Gasteiger partial charge in [0.15, 0.2) is 0 Å². The van der Waals surface area contributed by atoms with Gasteiger partial charge in [0.05, 0.1) is 17.6 Å². The maximum Gasteiger partial charge on any atom is 0.319 e. The number of hydrogen-bond donors (Lipinski definition) is 1. The first-order chi connectivity index (χ1) is 22.5. The molecule has 2 unspecified atom stereocenters. The second kappa shape index (κ2) is 11.8. The van der Waals surface area contributed by atoms with Crippen molar-refractivity contribution < 1.29 is 14.6 Å². The number of hydrogen-bond acceptors (Lipinski definition) is 9. The van der Waals surface area contributed by atoms with E-state index in [1.165, 1.54) is 0 Å². The summed E-state index contributed by atoms with van der Waals surface area (Å²) in [6.45, 7) is 2.99. The molecule has 5 heterocycles. The van der Waals surface area contributed by atoms with E-state index in [0.717, 1.165) is 70.8 Å². The fourth-order valence-electron chi connectivity index (χ4n) is 7.61. The zero-order valence-electron chi connectivity index (χ0n) is 25.9. The minimum atomic E-state index is 0.0994. The molecule has 3 saturated heterocycles. The maximum absolute atomic E-state index is 13.4. The number of benzene rings is 3. The Morgan fingerprint density at radius 1 is 0.978 bits per heavy atom. The SMILES string of the molecule is CN1CCC[C@H]1COc1nc(N2CC3CCC(C2)N3C(=O)Cc2cnccn2)c2ccc(-c3cc(O)cc4ccccc34)cc2n1. The lowest BCUT2D eigenvalue weighted by molar-refractivity contribution is -0.133. The van der Waals surface area contributed by atoms with Crippen molar-refractivity contribution in [1.82, 2.24) is 29.7 Å². The predicted octanol–water partition coefficient (Wildman–Crippen LogP) is 4.84. The third-order valence-electron chi connectivity index (χ3n) is 9.91. The van der Waals surface area contributed by atoms with Crippen molar-refractivity contribution >= 4 is 33.4 Å². The summed E-state index contributed by atoms with van der Waals surface area (Å²) < 4.78 is 6.32. The second-order valence-electron chi connectivity index (χ2n) is 12.8. The molecule has 0 radical (unpaired) electrons. The number of likely N-dealkylation sites (N-methyl/N-ethyl adjacent to an activating group) is 1. The van der Waals surface area contributed by atoms with Crippen LogP contribution in [0.4, 0.5) is 5.82 Å². The zero-order chi connectivity index (χ0) is 31.2. The molecule has 0 saturated carbocycles. The predicted molar refractivity (Wildman–Crippen MR) is 177 cm³/mol. The Hall–Kier alpha value is -4.83. The van der Waals surface area contributed by atoms with Crippen LogP contribution in [0.15, 0.2) is 73.2 Å². The average Bonchev–Trinajstić information content (AvgIpc) is 3.61. The number of carbonyl (C=O) groups is 1. The van der Waals surface area contributed by atoms with Crippen LogP contribution in [-0.2, 0) is 11.2 Å². The molecule has 3 aromatic carbocycles. The maximum atomic E-state index is 13.4. The molecule has 2 bridgehead atoms. The van der Waals surface area contributed by atoms with Crippen LogP contribution in [0.1, 0.15) is 31.4 Å². The molecule has 3 aliphatic rings. The summed E-state index contributed by atoms with van der Waals surface area (Å²) in [7, 11) is 2.14. The van der Waals surface area contributed by atoms with Crippen LogP contribution < -0.4 is 9.64 Å². The van der Waals surface area contributed by atoms with E-state index in [4.69, 9.17) is 14.7 Å². The molecule has 0 spiro atoms. The highest BCUT2D eigenvalue weighted by atomic mass is 16.5. The van der Waals surface area contributed by atoms with Crippen LogP contribution in [0.25, 0.3) is 32.8 Å². The Morgan fingerprint density at radius 3 is 2.61 bits per heavy atom. The topological polar surface area (TPSA) is 108 Å². The number of likely N-dealkylation sites (tertiary alicyclic amines) is 1. The first kappa shape index (κ1) is 28.6. The van der Waals surface area contributed by atoms with E-state index in [-0.39, 0.29) is 30.2 Å². The molecule has 5 aromatic rings. The number of aromatic nitrogens is 4. The number of fused-ring (bicyclic) bond motifs is 4. The summed E-state index contributed by atoms with van der Waals surface area (Å²) in [5.41, 5.74) is 3.39. The number of piperazine rings is 1. The molecule has 8 rings (SSSR count). The number of aromatic hydroxyl groups is 1. The van der Waals surface area contributed by atoms with Gasteiger partial charge >= 0.3 is 6.01 Å². The van der Waals surface area contributed by atoms with Crippen LogP contribution in [0.5, 0.6) is 11.8 Å². The number of phenols is 1. The summed E-state index contributed by atoms with van der Waals surface area (Å²) in [6, 6.07) is 18.8. The number of anilines is 1. The van der Waals surface area contributed by atoms with Crippen molar-refractivity contribution in [2.24, 2.45) is 0 Å². The number of nitrogens with zero attached hydrogens (tertiary/aromatic N) is 7. The number of rotatable bonds is 7. The van der Waals surface area contributed by atoms with Gasteiger partial charge in [-0.1, -0.05) is 30.3 Å². The highest BCUT2D eigenvalue weighted by molar-refractivity contribution is 6.01. The monoisotopic (exact) mass is 615 g/mol. The Morgan fingerprint density at radius 2 is 1.83 bits per heavy atom. The van der Waals surface area contributed by atoms with Gasteiger partial charge in [-0.25, -0.2) is 0 Å². The minimum absolute atomic E-state index is 0.0994. The highest BCUT2D eigenvalue weighted by Crippen LogP contribution is 2.38. The summed E-state index contributed by atoms with van der Waals surface area (Å²) in [5, 5.41) is 13.5. The van der Waals surface area contributed by atoms with Crippen LogP contribution in [0.2, 0.25) is 0 Å². The van der Waals surface area contributed by atoms with Crippen molar-refractivity contribution in [2.75, 3.05) is 38.2 Å².